The molecule has 0 radical (unpaired) electrons. The predicted octanol–water partition coefficient (Wildman–Crippen LogP) is 3.25. The molecular weight excluding hydrogens is 383 g/mol. The summed E-state index contributed by atoms with van der Waals surface area (Å²) >= 11 is 0. The standard InChI is InChI=1S/C24H31FN2O3/c25-11-17(12-26)13-30-19-3-1-18(2-4-19)21-5-8-22(9-6-21,10-7-21)20(28)27-23-14-24(29,15-23)16-23/h1-4,11,29H,5-10,12-16,26H2,(H,27,28). The molecule has 1 amide bonds. The van der Waals surface area contributed by atoms with E-state index in [1.807, 2.05) is 12.1 Å². The highest BCUT2D eigenvalue weighted by Crippen LogP contribution is 2.62. The Bertz CT molecular complexity index is 835. The lowest BCUT2D eigenvalue weighted by atomic mass is 9.45. The third-order valence-corrected chi connectivity index (χ3v) is 8.42. The van der Waals surface area contributed by atoms with Crippen LogP contribution in [0.5, 0.6) is 5.75 Å². The first kappa shape index (κ1) is 20.0. The van der Waals surface area contributed by atoms with Crippen molar-refractivity contribution in [2.24, 2.45) is 11.1 Å². The SMILES string of the molecule is NCC(=CF)COc1ccc(C23CCC(C(=O)NC45CC(O)(C4)C5)(CC2)CC3)cc1. The first-order valence-corrected chi connectivity index (χ1v) is 11.1. The number of carbonyl (C=O) groups excluding carboxylic acids is 1. The van der Waals surface area contributed by atoms with Crippen LogP contribution in [0.4, 0.5) is 4.39 Å². The van der Waals surface area contributed by atoms with Gasteiger partial charge in [-0.2, -0.15) is 0 Å². The van der Waals surface area contributed by atoms with Gasteiger partial charge in [0.05, 0.1) is 11.9 Å². The van der Waals surface area contributed by atoms with Crippen LogP contribution in [-0.2, 0) is 10.2 Å². The Kier molecular flexibility index (Phi) is 4.53. The minimum absolute atomic E-state index is 0.108. The molecule has 4 bridgehead atoms. The van der Waals surface area contributed by atoms with Crippen LogP contribution in [0.2, 0.25) is 0 Å². The van der Waals surface area contributed by atoms with E-state index in [1.54, 1.807) is 0 Å². The maximum atomic E-state index is 13.1. The van der Waals surface area contributed by atoms with E-state index < -0.39 is 5.60 Å². The molecule has 0 aromatic heterocycles. The van der Waals surface area contributed by atoms with Gasteiger partial charge in [0.1, 0.15) is 12.4 Å². The molecule has 7 rings (SSSR count). The number of benzene rings is 1. The summed E-state index contributed by atoms with van der Waals surface area (Å²) in [5.41, 5.74) is 6.54. The largest absolute Gasteiger partial charge is 0.489 e. The Labute approximate surface area is 176 Å². The lowest BCUT2D eigenvalue weighted by Crippen LogP contribution is -2.79. The van der Waals surface area contributed by atoms with Crippen LogP contribution < -0.4 is 15.8 Å². The number of fused-ring (bicyclic) bond motifs is 3. The molecule has 162 valence electrons. The number of rotatable bonds is 7. The quantitative estimate of drug-likeness (QED) is 0.639. The first-order chi connectivity index (χ1) is 14.3. The zero-order valence-corrected chi connectivity index (χ0v) is 17.4. The van der Waals surface area contributed by atoms with Crippen molar-refractivity contribution in [3.05, 3.63) is 41.7 Å². The highest BCUT2D eigenvalue weighted by Gasteiger charge is 2.69. The molecule has 5 nitrogen and oxygen atoms in total. The van der Waals surface area contributed by atoms with Crippen LogP contribution in [0.15, 0.2) is 36.2 Å². The van der Waals surface area contributed by atoms with Gasteiger partial charge in [-0.25, -0.2) is 4.39 Å². The zero-order chi connectivity index (χ0) is 21.0. The second-order valence-electron chi connectivity index (χ2n) is 10.3. The molecule has 0 heterocycles. The van der Waals surface area contributed by atoms with E-state index in [4.69, 9.17) is 10.5 Å². The maximum absolute atomic E-state index is 13.1. The molecule has 0 spiro atoms. The molecule has 6 aliphatic rings. The van der Waals surface area contributed by atoms with E-state index >= 15 is 0 Å². The third kappa shape index (κ3) is 3.07. The molecule has 6 aliphatic carbocycles. The van der Waals surface area contributed by atoms with Gasteiger partial charge in [0.15, 0.2) is 0 Å². The van der Waals surface area contributed by atoms with Gasteiger partial charge in [0.2, 0.25) is 5.91 Å². The Morgan fingerprint density at radius 2 is 1.70 bits per heavy atom. The summed E-state index contributed by atoms with van der Waals surface area (Å²) in [4.78, 5) is 13.1. The van der Waals surface area contributed by atoms with E-state index in [-0.39, 0.29) is 35.4 Å². The molecule has 0 aliphatic heterocycles. The summed E-state index contributed by atoms with van der Waals surface area (Å²) in [6, 6.07) is 8.15. The summed E-state index contributed by atoms with van der Waals surface area (Å²) in [6.07, 6.45) is 8.57. The van der Waals surface area contributed by atoms with Crippen LogP contribution in [0.25, 0.3) is 0 Å². The minimum Gasteiger partial charge on any atom is -0.489 e. The van der Waals surface area contributed by atoms with Crippen molar-refractivity contribution in [3.8, 4) is 5.75 Å². The van der Waals surface area contributed by atoms with Crippen molar-refractivity contribution in [2.45, 2.75) is 74.3 Å². The Hall–Kier alpha value is -1.92. The van der Waals surface area contributed by atoms with Gasteiger partial charge in [-0.05, 0) is 80.9 Å². The van der Waals surface area contributed by atoms with E-state index in [0.29, 0.717) is 17.7 Å². The van der Waals surface area contributed by atoms with E-state index in [9.17, 15) is 14.3 Å². The van der Waals surface area contributed by atoms with Gasteiger partial charge in [-0.3, -0.25) is 4.79 Å². The van der Waals surface area contributed by atoms with E-state index in [1.165, 1.54) is 5.56 Å². The lowest BCUT2D eigenvalue weighted by Gasteiger charge is -2.68. The number of nitrogens with two attached hydrogens (primary N) is 1. The predicted molar refractivity (Wildman–Crippen MR) is 112 cm³/mol. The fourth-order valence-electron chi connectivity index (χ4n) is 6.42. The monoisotopic (exact) mass is 414 g/mol. The molecule has 4 N–H and O–H groups in total. The van der Waals surface area contributed by atoms with Gasteiger partial charge in [0.25, 0.3) is 0 Å². The third-order valence-electron chi connectivity index (χ3n) is 8.42. The number of carbonyl (C=O) groups is 1. The molecular formula is C24H31FN2O3. The molecule has 0 saturated heterocycles. The van der Waals surface area contributed by atoms with E-state index in [2.05, 4.69) is 17.4 Å². The van der Waals surface area contributed by atoms with E-state index in [0.717, 1.165) is 57.8 Å². The number of halogens is 1. The molecule has 6 saturated carbocycles. The fraction of sp³-hybridized carbons (Fsp3) is 0.625. The summed E-state index contributed by atoms with van der Waals surface area (Å²) in [7, 11) is 0. The van der Waals surface area contributed by atoms with Crippen LogP contribution >= 0.6 is 0 Å². The number of aliphatic hydroxyl groups is 1. The summed E-state index contributed by atoms with van der Waals surface area (Å²) < 4.78 is 18.3. The van der Waals surface area contributed by atoms with Gasteiger partial charge < -0.3 is 20.9 Å². The highest BCUT2D eigenvalue weighted by molar-refractivity contribution is 5.84. The summed E-state index contributed by atoms with van der Waals surface area (Å²) in [6.45, 7) is 0.309. The highest BCUT2D eigenvalue weighted by atomic mass is 19.1. The second kappa shape index (κ2) is 6.79. The van der Waals surface area contributed by atoms with Gasteiger partial charge in [-0.15, -0.1) is 0 Å². The second-order valence-corrected chi connectivity index (χ2v) is 10.3. The van der Waals surface area contributed by atoms with Crippen molar-refractivity contribution in [3.63, 3.8) is 0 Å². The Balaban J connectivity index is 1.20. The van der Waals surface area contributed by atoms with Gasteiger partial charge in [0, 0.05) is 23.1 Å². The first-order valence-electron chi connectivity index (χ1n) is 11.1. The Morgan fingerprint density at radius 1 is 1.10 bits per heavy atom. The van der Waals surface area contributed by atoms with Crippen molar-refractivity contribution >= 4 is 5.91 Å². The Morgan fingerprint density at radius 3 is 2.20 bits per heavy atom. The van der Waals surface area contributed by atoms with Crippen LogP contribution in [0.1, 0.15) is 63.4 Å². The topological polar surface area (TPSA) is 84.6 Å². The van der Waals surface area contributed by atoms with Crippen molar-refractivity contribution in [1.29, 1.82) is 0 Å². The normalized spacial score (nSPS) is 39.1. The molecule has 1 aromatic carbocycles. The molecule has 1 aromatic rings. The zero-order valence-electron chi connectivity index (χ0n) is 17.4. The fourth-order valence-corrected chi connectivity index (χ4v) is 6.42. The van der Waals surface area contributed by atoms with Crippen LogP contribution in [0.3, 0.4) is 0 Å². The summed E-state index contributed by atoms with van der Waals surface area (Å²) in [5, 5.41) is 13.3. The molecule has 0 atom stereocenters. The van der Waals surface area contributed by atoms with Crippen LogP contribution in [0, 0.1) is 5.41 Å². The van der Waals surface area contributed by atoms with Crippen LogP contribution in [-0.4, -0.2) is 35.3 Å². The number of hydrogen-bond donors (Lipinski definition) is 3. The lowest BCUT2D eigenvalue weighted by molar-refractivity contribution is -0.223. The van der Waals surface area contributed by atoms with Crippen molar-refractivity contribution in [1.82, 2.24) is 5.32 Å². The maximum Gasteiger partial charge on any atom is 0.226 e. The number of amides is 1. The molecule has 30 heavy (non-hydrogen) atoms. The number of ether oxygens (including phenoxy) is 1. The molecule has 6 fully saturated rings. The van der Waals surface area contributed by atoms with Gasteiger partial charge >= 0.3 is 0 Å². The van der Waals surface area contributed by atoms with Gasteiger partial charge in [-0.1, -0.05) is 12.1 Å². The molecule has 6 heteroatoms. The average Bonchev–Trinajstić information content (AvgIpc) is 2.74. The van der Waals surface area contributed by atoms with Crippen molar-refractivity contribution in [2.75, 3.05) is 13.2 Å². The van der Waals surface area contributed by atoms with Crippen molar-refractivity contribution < 1.29 is 19.0 Å². The summed E-state index contributed by atoms with van der Waals surface area (Å²) in [5.74, 6) is 0.932. The number of nitrogens with one attached hydrogen (secondary N) is 1. The minimum atomic E-state index is -0.483. The number of hydrogen-bond acceptors (Lipinski definition) is 4. The smallest absolute Gasteiger partial charge is 0.226 e. The average molecular weight is 415 g/mol. The molecule has 0 unspecified atom stereocenters.